The quantitative estimate of drug-likeness (QED) is 0.704. The average Bonchev–Trinajstić information content (AvgIpc) is 2.08. The molecular formula is C9H10Cl2S. The Balaban J connectivity index is 2.96. The van der Waals surface area contributed by atoms with Crippen LogP contribution < -0.4 is 0 Å². The van der Waals surface area contributed by atoms with Crippen LogP contribution in [-0.2, 0) is 0 Å². The fourth-order valence-electron chi connectivity index (χ4n) is 0.955. The standard InChI is InChI=1S/C9H10Cl2S/c1-2-9(12)6-3-4-7(10)8(11)5-6/h3-5,9,12H,2H2,1H3. The summed E-state index contributed by atoms with van der Waals surface area (Å²) in [4.78, 5) is 0. The molecule has 0 spiro atoms. The van der Waals surface area contributed by atoms with Crippen LogP contribution in [0, 0.1) is 0 Å². The monoisotopic (exact) mass is 220 g/mol. The van der Waals surface area contributed by atoms with Crippen LogP contribution >= 0.6 is 35.8 Å². The molecule has 0 N–H and O–H groups in total. The van der Waals surface area contributed by atoms with Crippen molar-refractivity contribution in [1.82, 2.24) is 0 Å². The molecular weight excluding hydrogens is 211 g/mol. The Morgan fingerprint density at radius 2 is 2.00 bits per heavy atom. The third kappa shape index (κ3) is 2.32. The van der Waals surface area contributed by atoms with Crippen LogP contribution in [0.15, 0.2) is 18.2 Å². The minimum absolute atomic E-state index is 0.250. The molecule has 3 heteroatoms. The van der Waals surface area contributed by atoms with Crippen LogP contribution in [0.3, 0.4) is 0 Å². The van der Waals surface area contributed by atoms with Gasteiger partial charge in [0.2, 0.25) is 0 Å². The van der Waals surface area contributed by atoms with E-state index in [1.807, 2.05) is 12.1 Å². The third-order valence-corrected chi connectivity index (χ3v) is 3.12. The van der Waals surface area contributed by atoms with Gasteiger partial charge in [0.15, 0.2) is 0 Å². The number of hydrogen-bond donors (Lipinski definition) is 1. The second kappa shape index (κ2) is 4.40. The molecule has 0 amide bonds. The van der Waals surface area contributed by atoms with E-state index in [0.717, 1.165) is 12.0 Å². The van der Waals surface area contributed by atoms with Crippen LogP contribution in [0.2, 0.25) is 10.0 Å². The Morgan fingerprint density at radius 1 is 1.33 bits per heavy atom. The molecule has 0 radical (unpaired) electrons. The molecule has 0 aliphatic carbocycles. The van der Waals surface area contributed by atoms with Crippen molar-refractivity contribution in [2.75, 3.05) is 0 Å². The highest BCUT2D eigenvalue weighted by molar-refractivity contribution is 7.80. The number of rotatable bonds is 2. The van der Waals surface area contributed by atoms with Crippen molar-refractivity contribution in [2.45, 2.75) is 18.6 Å². The first-order valence-corrected chi connectivity index (χ1v) is 5.05. The van der Waals surface area contributed by atoms with Gasteiger partial charge in [0, 0.05) is 5.25 Å². The van der Waals surface area contributed by atoms with E-state index in [1.165, 1.54) is 0 Å². The normalized spacial score (nSPS) is 13.0. The molecule has 12 heavy (non-hydrogen) atoms. The van der Waals surface area contributed by atoms with Gasteiger partial charge < -0.3 is 0 Å². The van der Waals surface area contributed by atoms with E-state index in [9.17, 15) is 0 Å². The molecule has 1 aromatic rings. The minimum atomic E-state index is 0.250. The zero-order chi connectivity index (χ0) is 9.14. The highest BCUT2D eigenvalue weighted by Crippen LogP contribution is 2.29. The first-order chi connectivity index (χ1) is 5.65. The lowest BCUT2D eigenvalue weighted by Crippen LogP contribution is -1.87. The summed E-state index contributed by atoms with van der Waals surface area (Å²) >= 11 is 16.0. The van der Waals surface area contributed by atoms with Gasteiger partial charge in [-0.2, -0.15) is 12.6 Å². The van der Waals surface area contributed by atoms with Crippen molar-refractivity contribution < 1.29 is 0 Å². The Kier molecular flexibility index (Phi) is 3.76. The van der Waals surface area contributed by atoms with Gasteiger partial charge in [0.25, 0.3) is 0 Å². The van der Waals surface area contributed by atoms with E-state index in [1.54, 1.807) is 6.07 Å². The van der Waals surface area contributed by atoms with Gasteiger partial charge in [-0.3, -0.25) is 0 Å². The maximum atomic E-state index is 5.85. The van der Waals surface area contributed by atoms with Gasteiger partial charge in [-0.25, -0.2) is 0 Å². The van der Waals surface area contributed by atoms with Crippen molar-refractivity contribution in [3.05, 3.63) is 33.8 Å². The smallest absolute Gasteiger partial charge is 0.0595 e. The zero-order valence-corrected chi connectivity index (χ0v) is 9.13. The first kappa shape index (κ1) is 10.2. The average molecular weight is 221 g/mol. The van der Waals surface area contributed by atoms with E-state index in [4.69, 9.17) is 23.2 Å². The molecule has 1 aromatic carbocycles. The molecule has 0 saturated heterocycles. The van der Waals surface area contributed by atoms with Crippen LogP contribution in [0.1, 0.15) is 24.2 Å². The van der Waals surface area contributed by atoms with Gasteiger partial charge >= 0.3 is 0 Å². The number of hydrogen-bond acceptors (Lipinski definition) is 1. The van der Waals surface area contributed by atoms with Gasteiger partial charge in [0.05, 0.1) is 10.0 Å². The van der Waals surface area contributed by atoms with E-state index in [0.29, 0.717) is 10.0 Å². The molecule has 1 rings (SSSR count). The van der Waals surface area contributed by atoms with Crippen molar-refractivity contribution in [2.24, 2.45) is 0 Å². The lowest BCUT2D eigenvalue weighted by atomic mass is 10.1. The van der Waals surface area contributed by atoms with Crippen LogP contribution in [0.5, 0.6) is 0 Å². The van der Waals surface area contributed by atoms with Crippen molar-refractivity contribution in [3.63, 3.8) is 0 Å². The highest BCUT2D eigenvalue weighted by atomic mass is 35.5. The van der Waals surface area contributed by atoms with Crippen LogP contribution in [0.25, 0.3) is 0 Å². The first-order valence-electron chi connectivity index (χ1n) is 3.78. The van der Waals surface area contributed by atoms with Gasteiger partial charge in [0.1, 0.15) is 0 Å². The summed E-state index contributed by atoms with van der Waals surface area (Å²) in [5.41, 5.74) is 1.12. The summed E-state index contributed by atoms with van der Waals surface area (Å²) in [5, 5.41) is 1.44. The van der Waals surface area contributed by atoms with Gasteiger partial charge in [-0.05, 0) is 24.1 Å². The molecule has 0 saturated carbocycles. The summed E-state index contributed by atoms with van der Waals surface area (Å²) in [5.74, 6) is 0. The van der Waals surface area contributed by atoms with Crippen LogP contribution in [0.4, 0.5) is 0 Å². The Morgan fingerprint density at radius 3 is 2.50 bits per heavy atom. The summed E-state index contributed by atoms with van der Waals surface area (Å²) in [6, 6.07) is 5.62. The number of halogens is 2. The molecule has 0 bridgehead atoms. The molecule has 1 unspecified atom stereocenters. The predicted molar refractivity (Wildman–Crippen MR) is 58.5 cm³/mol. The second-order valence-electron chi connectivity index (χ2n) is 2.60. The molecule has 0 nitrogen and oxygen atoms in total. The lowest BCUT2D eigenvalue weighted by molar-refractivity contribution is 0.903. The minimum Gasteiger partial charge on any atom is -0.171 e. The third-order valence-electron chi connectivity index (χ3n) is 1.72. The van der Waals surface area contributed by atoms with E-state index < -0.39 is 0 Å². The van der Waals surface area contributed by atoms with Crippen molar-refractivity contribution >= 4 is 35.8 Å². The van der Waals surface area contributed by atoms with Crippen molar-refractivity contribution in [3.8, 4) is 0 Å². The summed E-state index contributed by atoms with van der Waals surface area (Å²) in [7, 11) is 0. The largest absolute Gasteiger partial charge is 0.171 e. The molecule has 0 aliphatic heterocycles. The summed E-state index contributed by atoms with van der Waals surface area (Å²) < 4.78 is 0. The summed E-state index contributed by atoms with van der Waals surface area (Å²) in [6.07, 6.45) is 0.987. The number of benzene rings is 1. The Labute approximate surface area is 88.3 Å². The molecule has 0 fully saturated rings. The molecule has 1 atom stereocenters. The fourth-order valence-corrected chi connectivity index (χ4v) is 1.42. The van der Waals surface area contributed by atoms with E-state index in [2.05, 4.69) is 19.6 Å². The molecule has 0 aliphatic rings. The Hall–Kier alpha value is 0.150. The highest BCUT2D eigenvalue weighted by Gasteiger charge is 2.05. The van der Waals surface area contributed by atoms with Crippen molar-refractivity contribution in [1.29, 1.82) is 0 Å². The molecule has 0 aromatic heterocycles. The van der Waals surface area contributed by atoms with E-state index >= 15 is 0 Å². The van der Waals surface area contributed by atoms with Gasteiger partial charge in [-0.15, -0.1) is 0 Å². The second-order valence-corrected chi connectivity index (χ2v) is 4.04. The number of thiol groups is 1. The van der Waals surface area contributed by atoms with Crippen LogP contribution in [-0.4, -0.2) is 0 Å². The van der Waals surface area contributed by atoms with E-state index in [-0.39, 0.29) is 5.25 Å². The molecule has 66 valence electrons. The maximum absolute atomic E-state index is 5.85. The van der Waals surface area contributed by atoms with Gasteiger partial charge in [-0.1, -0.05) is 36.2 Å². The maximum Gasteiger partial charge on any atom is 0.0595 e. The fraction of sp³-hybridized carbons (Fsp3) is 0.333. The predicted octanol–water partition coefficient (Wildman–Crippen LogP) is 4.37. The topological polar surface area (TPSA) is 0 Å². The SMILES string of the molecule is CCC(S)c1ccc(Cl)c(Cl)c1. The summed E-state index contributed by atoms with van der Waals surface area (Å²) in [6.45, 7) is 2.08. The molecule has 0 heterocycles. The Bertz CT molecular complexity index is 273. The lowest BCUT2D eigenvalue weighted by Gasteiger charge is -2.08. The zero-order valence-electron chi connectivity index (χ0n) is 6.72.